The predicted molar refractivity (Wildman–Crippen MR) is 104 cm³/mol. The molecule has 27 heavy (non-hydrogen) atoms. The van der Waals surface area contributed by atoms with Crippen molar-refractivity contribution in [2.24, 2.45) is 0 Å². The Kier molecular flexibility index (Phi) is 6.11. The first-order chi connectivity index (χ1) is 13.2. The summed E-state index contributed by atoms with van der Waals surface area (Å²) in [5.74, 6) is 2.07. The third-order valence-electron chi connectivity index (χ3n) is 4.74. The number of nitrogens with one attached hydrogen (secondary N) is 1. The number of carbonyl (C=O) groups excluding carboxylic acids is 1. The van der Waals surface area contributed by atoms with E-state index in [9.17, 15) is 4.79 Å². The molecule has 0 saturated carbocycles. The van der Waals surface area contributed by atoms with Gasteiger partial charge in [-0.3, -0.25) is 4.79 Å². The third kappa shape index (κ3) is 4.30. The molecule has 3 rings (SSSR count). The van der Waals surface area contributed by atoms with Gasteiger partial charge in [-0.25, -0.2) is 9.97 Å². The molecule has 2 heterocycles. The van der Waals surface area contributed by atoms with Gasteiger partial charge in [-0.05, 0) is 36.1 Å². The van der Waals surface area contributed by atoms with Crippen LogP contribution in [0.3, 0.4) is 0 Å². The molecule has 1 aromatic heterocycles. The molecule has 1 aliphatic heterocycles. The minimum atomic E-state index is -0.157. The standard InChI is InChI=1S/C20H26N4O3/c1-4-5-7-21-20(25)16-11-19(23-13-22-16)24-8-6-14-9-17(26-2)18(27-3)10-15(14)12-24/h9-11,13H,4-8,12H2,1-3H3,(H,21,25). The first-order valence-electron chi connectivity index (χ1n) is 9.25. The Hall–Kier alpha value is -2.83. The molecule has 2 aromatic rings. The lowest BCUT2D eigenvalue weighted by Crippen LogP contribution is -2.32. The lowest BCUT2D eigenvalue weighted by atomic mass is 9.99. The van der Waals surface area contributed by atoms with Crippen molar-refractivity contribution in [2.45, 2.75) is 32.7 Å². The van der Waals surface area contributed by atoms with Crippen molar-refractivity contribution in [3.63, 3.8) is 0 Å². The van der Waals surface area contributed by atoms with E-state index in [-0.39, 0.29) is 5.91 Å². The number of amides is 1. The van der Waals surface area contributed by atoms with E-state index in [1.54, 1.807) is 20.3 Å². The molecule has 0 spiro atoms. The maximum Gasteiger partial charge on any atom is 0.270 e. The van der Waals surface area contributed by atoms with Gasteiger partial charge in [0.25, 0.3) is 5.91 Å². The van der Waals surface area contributed by atoms with Crippen molar-refractivity contribution < 1.29 is 14.3 Å². The molecule has 0 fully saturated rings. The highest BCUT2D eigenvalue weighted by molar-refractivity contribution is 5.92. The first-order valence-corrected chi connectivity index (χ1v) is 9.25. The van der Waals surface area contributed by atoms with Crippen molar-refractivity contribution in [1.29, 1.82) is 0 Å². The number of aromatic nitrogens is 2. The van der Waals surface area contributed by atoms with Gasteiger partial charge in [0.05, 0.1) is 14.2 Å². The molecule has 1 aromatic carbocycles. The molecule has 0 unspecified atom stereocenters. The van der Waals surface area contributed by atoms with Crippen LogP contribution in [-0.4, -0.2) is 43.2 Å². The van der Waals surface area contributed by atoms with E-state index in [2.05, 4.69) is 27.1 Å². The molecule has 7 nitrogen and oxygen atoms in total. The molecule has 1 aliphatic rings. The maximum absolute atomic E-state index is 12.3. The van der Waals surface area contributed by atoms with Crippen molar-refractivity contribution >= 4 is 11.7 Å². The minimum absolute atomic E-state index is 0.157. The molecular weight excluding hydrogens is 344 g/mol. The van der Waals surface area contributed by atoms with E-state index in [1.165, 1.54) is 17.5 Å². The zero-order chi connectivity index (χ0) is 19.2. The van der Waals surface area contributed by atoms with Crippen molar-refractivity contribution in [1.82, 2.24) is 15.3 Å². The summed E-state index contributed by atoms with van der Waals surface area (Å²) in [6, 6.07) is 5.81. The number of rotatable bonds is 7. The van der Waals surface area contributed by atoms with E-state index < -0.39 is 0 Å². The Morgan fingerprint density at radius 3 is 2.59 bits per heavy atom. The molecule has 0 saturated heterocycles. The summed E-state index contributed by atoms with van der Waals surface area (Å²) in [5.41, 5.74) is 2.82. The van der Waals surface area contributed by atoms with Gasteiger partial charge in [0.1, 0.15) is 17.8 Å². The zero-order valence-corrected chi connectivity index (χ0v) is 16.1. The number of methoxy groups -OCH3 is 2. The van der Waals surface area contributed by atoms with E-state index in [4.69, 9.17) is 9.47 Å². The van der Waals surface area contributed by atoms with Gasteiger partial charge in [-0.2, -0.15) is 0 Å². The van der Waals surface area contributed by atoms with Gasteiger partial charge in [0.2, 0.25) is 0 Å². The number of carbonyl (C=O) groups is 1. The summed E-state index contributed by atoms with van der Waals surface area (Å²) in [4.78, 5) is 22.9. The number of unbranched alkanes of at least 4 members (excludes halogenated alkanes) is 1. The third-order valence-corrected chi connectivity index (χ3v) is 4.74. The summed E-state index contributed by atoms with van der Waals surface area (Å²) < 4.78 is 10.8. The summed E-state index contributed by atoms with van der Waals surface area (Å²) in [6.45, 7) is 4.26. The molecule has 1 N–H and O–H groups in total. The Morgan fingerprint density at radius 1 is 1.15 bits per heavy atom. The summed E-state index contributed by atoms with van der Waals surface area (Å²) >= 11 is 0. The maximum atomic E-state index is 12.3. The molecule has 0 aliphatic carbocycles. The van der Waals surface area contributed by atoms with Crippen molar-refractivity contribution in [3.8, 4) is 11.5 Å². The smallest absolute Gasteiger partial charge is 0.270 e. The number of nitrogens with zero attached hydrogens (tertiary/aromatic N) is 3. The average molecular weight is 370 g/mol. The Morgan fingerprint density at radius 2 is 1.89 bits per heavy atom. The highest BCUT2D eigenvalue weighted by Crippen LogP contribution is 2.34. The molecular formula is C20H26N4O3. The highest BCUT2D eigenvalue weighted by Gasteiger charge is 2.21. The monoisotopic (exact) mass is 370 g/mol. The topological polar surface area (TPSA) is 76.6 Å². The second-order valence-electron chi connectivity index (χ2n) is 6.52. The van der Waals surface area contributed by atoms with Gasteiger partial charge in [-0.15, -0.1) is 0 Å². The van der Waals surface area contributed by atoms with Crippen LogP contribution in [0.25, 0.3) is 0 Å². The van der Waals surface area contributed by atoms with Crippen LogP contribution < -0.4 is 19.7 Å². The molecule has 0 atom stereocenters. The van der Waals surface area contributed by atoms with Crippen LogP contribution in [0.5, 0.6) is 11.5 Å². The van der Waals surface area contributed by atoms with Crippen LogP contribution >= 0.6 is 0 Å². The van der Waals surface area contributed by atoms with Gasteiger partial charge in [-0.1, -0.05) is 13.3 Å². The number of ether oxygens (including phenoxy) is 2. The number of benzene rings is 1. The van der Waals surface area contributed by atoms with Crippen molar-refractivity contribution in [3.05, 3.63) is 41.3 Å². The fourth-order valence-electron chi connectivity index (χ4n) is 3.19. The summed E-state index contributed by atoms with van der Waals surface area (Å²) in [7, 11) is 3.28. The van der Waals surface area contributed by atoms with Crippen molar-refractivity contribution in [2.75, 3.05) is 32.2 Å². The Bertz CT molecular complexity index is 810. The lowest BCUT2D eigenvalue weighted by Gasteiger charge is -2.30. The molecule has 1 amide bonds. The van der Waals surface area contributed by atoms with Crippen LogP contribution in [0.15, 0.2) is 24.5 Å². The van der Waals surface area contributed by atoms with Gasteiger partial charge >= 0.3 is 0 Å². The Balaban J connectivity index is 1.77. The van der Waals surface area contributed by atoms with Gasteiger partial charge < -0.3 is 19.7 Å². The Labute approximate surface area is 159 Å². The number of hydrogen-bond acceptors (Lipinski definition) is 6. The molecule has 0 bridgehead atoms. The van der Waals surface area contributed by atoms with Crippen LogP contribution in [0.2, 0.25) is 0 Å². The molecule has 7 heteroatoms. The zero-order valence-electron chi connectivity index (χ0n) is 16.1. The average Bonchev–Trinajstić information content (AvgIpc) is 2.72. The normalized spacial score (nSPS) is 13.1. The van der Waals surface area contributed by atoms with Gasteiger partial charge in [0.15, 0.2) is 11.5 Å². The second kappa shape index (κ2) is 8.70. The fourth-order valence-corrected chi connectivity index (χ4v) is 3.19. The SMILES string of the molecule is CCCCNC(=O)c1cc(N2CCc3cc(OC)c(OC)cc3C2)ncn1. The first kappa shape index (κ1) is 18.9. The van der Waals surface area contributed by atoms with E-state index >= 15 is 0 Å². The summed E-state index contributed by atoms with van der Waals surface area (Å²) in [5, 5.41) is 2.90. The number of fused-ring (bicyclic) bond motifs is 1. The van der Waals surface area contributed by atoms with E-state index in [0.717, 1.165) is 43.1 Å². The van der Waals surface area contributed by atoms with Crippen LogP contribution in [0.4, 0.5) is 5.82 Å². The summed E-state index contributed by atoms with van der Waals surface area (Å²) in [6.07, 6.45) is 4.32. The number of hydrogen-bond donors (Lipinski definition) is 1. The minimum Gasteiger partial charge on any atom is -0.493 e. The quantitative estimate of drug-likeness (QED) is 0.755. The largest absolute Gasteiger partial charge is 0.493 e. The molecule has 0 radical (unpaired) electrons. The fraction of sp³-hybridized carbons (Fsp3) is 0.450. The highest BCUT2D eigenvalue weighted by atomic mass is 16.5. The second-order valence-corrected chi connectivity index (χ2v) is 6.52. The van der Waals surface area contributed by atoms with Crippen LogP contribution in [-0.2, 0) is 13.0 Å². The van der Waals surface area contributed by atoms with Crippen LogP contribution in [0, 0.1) is 0 Å². The van der Waals surface area contributed by atoms with E-state index in [1.807, 2.05) is 12.1 Å². The van der Waals surface area contributed by atoms with Gasteiger partial charge in [0, 0.05) is 25.7 Å². The van der Waals surface area contributed by atoms with E-state index in [0.29, 0.717) is 18.8 Å². The lowest BCUT2D eigenvalue weighted by molar-refractivity contribution is 0.0948. The number of anilines is 1. The van der Waals surface area contributed by atoms with Crippen LogP contribution in [0.1, 0.15) is 41.4 Å². The molecule has 144 valence electrons. The predicted octanol–water partition coefficient (Wildman–Crippen LogP) is 2.59.